The van der Waals surface area contributed by atoms with Crippen LogP contribution in [-0.2, 0) is 9.63 Å². The number of carbonyl (C=O) groups is 2. The normalized spacial score (nSPS) is 10.9. The summed E-state index contributed by atoms with van der Waals surface area (Å²) in [6.45, 7) is 1.91. The summed E-state index contributed by atoms with van der Waals surface area (Å²) >= 11 is 0. The quantitative estimate of drug-likeness (QED) is 0.330. The first-order valence-corrected chi connectivity index (χ1v) is 5.06. The highest BCUT2D eigenvalue weighted by Crippen LogP contribution is 2.01. The van der Waals surface area contributed by atoms with E-state index in [0.29, 0.717) is 18.3 Å². The zero-order valence-corrected chi connectivity index (χ0v) is 9.05. The summed E-state index contributed by atoms with van der Waals surface area (Å²) in [6, 6.07) is 8.50. The molecule has 0 heterocycles. The highest BCUT2D eigenvalue weighted by molar-refractivity contribution is 6.28. The van der Waals surface area contributed by atoms with Gasteiger partial charge in [0.2, 0.25) is 0 Å². The monoisotopic (exact) mass is 219 g/mol. The van der Waals surface area contributed by atoms with E-state index in [1.807, 2.05) is 6.92 Å². The highest BCUT2D eigenvalue weighted by atomic mass is 16.7. The first-order chi connectivity index (χ1) is 7.77. The first kappa shape index (κ1) is 12.1. The predicted molar refractivity (Wildman–Crippen MR) is 60.3 cm³/mol. The molecule has 0 fully saturated rings. The van der Waals surface area contributed by atoms with Crippen LogP contribution in [0, 0.1) is 0 Å². The lowest BCUT2D eigenvalue weighted by Gasteiger charge is -1.98. The maximum atomic E-state index is 11.4. The van der Waals surface area contributed by atoms with Crippen molar-refractivity contribution in [2.75, 3.05) is 0 Å². The second-order valence-electron chi connectivity index (χ2n) is 3.20. The fourth-order valence-corrected chi connectivity index (χ4v) is 1.11. The van der Waals surface area contributed by atoms with E-state index in [0.717, 1.165) is 6.42 Å². The highest BCUT2D eigenvalue weighted by Gasteiger charge is 2.06. The van der Waals surface area contributed by atoms with E-state index in [2.05, 4.69) is 9.99 Å². The van der Waals surface area contributed by atoms with Gasteiger partial charge in [-0.2, -0.15) is 0 Å². The van der Waals surface area contributed by atoms with Crippen LogP contribution >= 0.6 is 0 Å². The Kier molecular flexibility index (Phi) is 4.92. The molecule has 0 spiro atoms. The third kappa shape index (κ3) is 3.65. The standard InChI is InChI=1S/C12H13NO3/c1-2-6-11(9-14)13-16-12(15)10-7-4-3-5-8-10/h3-5,7-9H,2,6H2,1H3. The first-order valence-electron chi connectivity index (χ1n) is 5.06. The number of aldehydes is 1. The Bertz CT molecular complexity index is 385. The van der Waals surface area contributed by atoms with Crippen LogP contribution in [0.5, 0.6) is 0 Å². The maximum absolute atomic E-state index is 11.4. The maximum Gasteiger partial charge on any atom is 0.365 e. The fourth-order valence-electron chi connectivity index (χ4n) is 1.11. The molecule has 0 radical (unpaired) electrons. The van der Waals surface area contributed by atoms with Crippen molar-refractivity contribution in [3.63, 3.8) is 0 Å². The lowest BCUT2D eigenvalue weighted by Crippen LogP contribution is -2.05. The van der Waals surface area contributed by atoms with Gasteiger partial charge >= 0.3 is 5.97 Å². The Labute approximate surface area is 93.9 Å². The molecule has 0 saturated heterocycles. The molecule has 1 aromatic rings. The number of benzene rings is 1. The Morgan fingerprint density at radius 3 is 2.62 bits per heavy atom. The number of hydrogen-bond acceptors (Lipinski definition) is 4. The topological polar surface area (TPSA) is 55.7 Å². The zero-order chi connectivity index (χ0) is 11.8. The van der Waals surface area contributed by atoms with Crippen LogP contribution in [0.25, 0.3) is 0 Å². The number of rotatable bonds is 5. The van der Waals surface area contributed by atoms with Gasteiger partial charge in [-0.25, -0.2) is 4.79 Å². The number of nitrogens with zero attached hydrogens (tertiary/aromatic N) is 1. The third-order valence-corrected chi connectivity index (χ3v) is 1.90. The molecule has 0 N–H and O–H groups in total. The van der Waals surface area contributed by atoms with Crippen molar-refractivity contribution >= 4 is 18.0 Å². The summed E-state index contributed by atoms with van der Waals surface area (Å²) < 4.78 is 0. The molecule has 4 heteroatoms. The molecule has 0 aliphatic carbocycles. The smallest absolute Gasteiger partial charge is 0.312 e. The summed E-state index contributed by atoms with van der Waals surface area (Å²) in [4.78, 5) is 26.6. The van der Waals surface area contributed by atoms with Crippen LogP contribution in [-0.4, -0.2) is 18.0 Å². The Balaban J connectivity index is 2.61. The average molecular weight is 219 g/mol. The van der Waals surface area contributed by atoms with Gasteiger partial charge in [-0.15, -0.1) is 0 Å². The van der Waals surface area contributed by atoms with E-state index < -0.39 is 5.97 Å². The van der Waals surface area contributed by atoms with Gasteiger partial charge in [0.1, 0.15) is 5.71 Å². The molecule has 1 aromatic carbocycles. The third-order valence-electron chi connectivity index (χ3n) is 1.90. The van der Waals surface area contributed by atoms with Crippen LogP contribution < -0.4 is 0 Å². The molecular weight excluding hydrogens is 206 g/mol. The van der Waals surface area contributed by atoms with Gasteiger partial charge in [-0.3, -0.25) is 4.79 Å². The molecule has 0 saturated carbocycles. The van der Waals surface area contributed by atoms with Crippen molar-refractivity contribution in [3.05, 3.63) is 35.9 Å². The summed E-state index contributed by atoms with van der Waals surface area (Å²) in [5, 5.41) is 3.51. The van der Waals surface area contributed by atoms with Crippen LogP contribution in [0.4, 0.5) is 0 Å². The molecular formula is C12H13NO3. The molecule has 0 amide bonds. The minimum atomic E-state index is -0.559. The van der Waals surface area contributed by atoms with Crippen LogP contribution in [0.3, 0.4) is 0 Å². The second kappa shape index (κ2) is 6.50. The largest absolute Gasteiger partial charge is 0.365 e. The molecule has 0 aliphatic heterocycles. The summed E-state index contributed by atoms with van der Waals surface area (Å²) in [5.41, 5.74) is 0.653. The molecule has 16 heavy (non-hydrogen) atoms. The second-order valence-corrected chi connectivity index (χ2v) is 3.20. The van der Waals surface area contributed by atoms with E-state index >= 15 is 0 Å². The van der Waals surface area contributed by atoms with Crippen molar-refractivity contribution in [2.45, 2.75) is 19.8 Å². The molecule has 1 rings (SSSR count). The Morgan fingerprint density at radius 1 is 1.38 bits per heavy atom. The minimum absolute atomic E-state index is 0.242. The van der Waals surface area contributed by atoms with Crippen LogP contribution in [0.1, 0.15) is 30.1 Å². The molecule has 0 aromatic heterocycles. The van der Waals surface area contributed by atoms with Gasteiger partial charge < -0.3 is 4.84 Å². The van der Waals surface area contributed by atoms with E-state index in [1.54, 1.807) is 30.3 Å². The Morgan fingerprint density at radius 2 is 2.06 bits per heavy atom. The molecule has 0 atom stereocenters. The summed E-state index contributed by atoms with van der Waals surface area (Å²) in [7, 11) is 0. The molecule has 0 unspecified atom stereocenters. The van der Waals surface area contributed by atoms with E-state index in [-0.39, 0.29) is 5.71 Å². The molecule has 0 bridgehead atoms. The average Bonchev–Trinajstić information content (AvgIpc) is 2.35. The van der Waals surface area contributed by atoms with E-state index in [9.17, 15) is 9.59 Å². The summed E-state index contributed by atoms with van der Waals surface area (Å²) in [6.07, 6.45) is 1.88. The Hall–Kier alpha value is -1.97. The van der Waals surface area contributed by atoms with Crippen LogP contribution in [0.15, 0.2) is 35.5 Å². The van der Waals surface area contributed by atoms with Gasteiger partial charge in [0, 0.05) is 0 Å². The summed E-state index contributed by atoms with van der Waals surface area (Å²) in [5.74, 6) is -0.559. The number of carbonyl (C=O) groups excluding carboxylic acids is 2. The van der Waals surface area contributed by atoms with Crippen molar-refractivity contribution in [1.82, 2.24) is 0 Å². The van der Waals surface area contributed by atoms with Gasteiger partial charge in [-0.05, 0) is 18.6 Å². The van der Waals surface area contributed by atoms with Crippen molar-refractivity contribution in [3.8, 4) is 0 Å². The van der Waals surface area contributed by atoms with Crippen molar-refractivity contribution in [2.24, 2.45) is 5.16 Å². The minimum Gasteiger partial charge on any atom is -0.312 e. The lowest BCUT2D eigenvalue weighted by atomic mass is 10.2. The SMILES string of the molecule is CCCC(C=O)=NOC(=O)c1ccccc1. The van der Waals surface area contributed by atoms with E-state index in [1.165, 1.54) is 0 Å². The predicted octanol–water partition coefficient (Wildman–Crippen LogP) is 2.20. The van der Waals surface area contributed by atoms with Crippen molar-refractivity contribution < 1.29 is 14.4 Å². The molecule has 4 nitrogen and oxygen atoms in total. The number of hydrogen-bond donors (Lipinski definition) is 0. The van der Waals surface area contributed by atoms with Crippen LogP contribution in [0.2, 0.25) is 0 Å². The number of oxime groups is 1. The van der Waals surface area contributed by atoms with Gasteiger partial charge in [0.05, 0.1) is 5.56 Å². The van der Waals surface area contributed by atoms with Gasteiger partial charge in [-0.1, -0.05) is 36.7 Å². The van der Waals surface area contributed by atoms with Gasteiger partial charge in [0.15, 0.2) is 6.29 Å². The molecule has 0 aliphatic rings. The molecule has 84 valence electrons. The lowest BCUT2D eigenvalue weighted by molar-refractivity contribution is -0.102. The zero-order valence-electron chi connectivity index (χ0n) is 9.05. The van der Waals surface area contributed by atoms with E-state index in [4.69, 9.17) is 0 Å². The van der Waals surface area contributed by atoms with Crippen molar-refractivity contribution in [1.29, 1.82) is 0 Å². The fraction of sp³-hybridized carbons (Fsp3) is 0.250. The van der Waals surface area contributed by atoms with Gasteiger partial charge in [0.25, 0.3) is 0 Å².